The average molecular weight is 192 g/mol. The number of benzene rings is 1. The molecule has 0 bridgehead atoms. The van der Waals surface area contributed by atoms with Crippen molar-refractivity contribution in [2.24, 2.45) is 0 Å². The monoisotopic (exact) mass is 192 g/mol. The molecule has 1 heterocycles. The standard InChI is InChI=1S/C11H14NS/c1-2-4-11(5-3-1)10-12-6-8-13-9-7-12/h1-2,4-5H,6-10H2. The molecule has 0 atom stereocenters. The van der Waals surface area contributed by atoms with Crippen molar-refractivity contribution in [3.8, 4) is 0 Å². The highest BCUT2D eigenvalue weighted by Crippen LogP contribution is 2.12. The summed E-state index contributed by atoms with van der Waals surface area (Å²) in [5.74, 6) is 2.58. The van der Waals surface area contributed by atoms with E-state index < -0.39 is 0 Å². The first-order valence-corrected chi connectivity index (χ1v) is 5.86. The van der Waals surface area contributed by atoms with Crippen LogP contribution in [0.15, 0.2) is 24.3 Å². The first-order valence-electron chi connectivity index (χ1n) is 4.70. The number of hydrogen-bond acceptors (Lipinski definition) is 2. The van der Waals surface area contributed by atoms with Crippen molar-refractivity contribution in [2.45, 2.75) is 6.54 Å². The molecule has 0 saturated carbocycles. The van der Waals surface area contributed by atoms with Gasteiger partial charge in [0.15, 0.2) is 0 Å². The summed E-state index contributed by atoms with van der Waals surface area (Å²) in [7, 11) is 0. The number of thioether (sulfide) groups is 1. The molecule has 0 amide bonds. The lowest BCUT2D eigenvalue weighted by Gasteiger charge is -2.25. The molecule has 1 aliphatic rings. The van der Waals surface area contributed by atoms with Crippen LogP contribution in [0.25, 0.3) is 0 Å². The Morgan fingerprint density at radius 1 is 1.38 bits per heavy atom. The summed E-state index contributed by atoms with van der Waals surface area (Å²) in [4.78, 5) is 2.51. The van der Waals surface area contributed by atoms with E-state index in [1.54, 1.807) is 0 Å². The van der Waals surface area contributed by atoms with Crippen molar-refractivity contribution in [1.29, 1.82) is 0 Å². The van der Waals surface area contributed by atoms with Crippen LogP contribution in [-0.4, -0.2) is 29.5 Å². The highest BCUT2D eigenvalue weighted by atomic mass is 32.2. The van der Waals surface area contributed by atoms with Crippen LogP contribution in [0.2, 0.25) is 0 Å². The minimum atomic E-state index is 1.10. The fourth-order valence-electron chi connectivity index (χ4n) is 1.55. The van der Waals surface area contributed by atoms with Gasteiger partial charge in [0.2, 0.25) is 0 Å². The predicted molar refractivity (Wildman–Crippen MR) is 57.9 cm³/mol. The topological polar surface area (TPSA) is 3.24 Å². The molecule has 69 valence electrons. The minimum absolute atomic E-state index is 1.10. The lowest BCUT2D eigenvalue weighted by Crippen LogP contribution is -2.31. The quantitative estimate of drug-likeness (QED) is 0.705. The highest BCUT2D eigenvalue weighted by Gasteiger charge is 2.09. The molecule has 1 radical (unpaired) electrons. The van der Waals surface area contributed by atoms with E-state index >= 15 is 0 Å². The molecular weight excluding hydrogens is 178 g/mol. The first-order chi connectivity index (χ1) is 6.45. The van der Waals surface area contributed by atoms with Gasteiger partial charge < -0.3 is 0 Å². The summed E-state index contributed by atoms with van der Waals surface area (Å²) >= 11 is 2.06. The zero-order chi connectivity index (χ0) is 8.93. The largest absolute Gasteiger partial charge is 0.297 e. The molecule has 0 spiro atoms. The van der Waals surface area contributed by atoms with Crippen LogP contribution in [0, 0.1) is 6.07 Å². The van der Waals surface area contributed by atoms with E-state index in [0.717, 1.165) is 6.54 Å². The second-order valence-corrected chi connectivity index (χ2v) is 4.52. The summed E-state index contributed by atoms with van der Waals surface area (Å²) in [5, 5.41) is 0. The Morgan fingerprint density at radius 2 is 2.23 bits per heavy atom. The molecule has 1 aromatic carbocycles. The van der Waals surface area contributed by atoms with Crippen molar-refractivity contribution < 1.29 is 0 Å². The van der Waals surface area contributed by atoms with Crippen molar-refractivity contribution in [3.05, 3.63) is 35.9 Å². The molecule has 0 aliphatic carbocycles. The summed E-state index contributed by atoms with van der Waals surface area (Å²) in [6, 6.07) is 11.4. The molecule has 0 aromatic heterocycles. The molecule has 1 nitrogen and oxygen atoms in total. The molecule has 0 N–H and O–H groups in total. The van der Waals surface area contributed by atoms with Crippen LogP contribution in [0.3, 0.4) is 0 Å². The van der Waals surface area contributed by atoms with Gasteiger partial charge in [0.25, 0.3) is 0 Å². The lowest BCUT2D eigenvalue weighted by molar-refractivity contribution is 0.294. The number of hydrogen-bond donors (Lipinski definition) is 0. The van der Waals surface area contributed by atoms with Gasteiger partial charge in [-0.15, -0.1) is 0 Å². The fraction of sp³-hybridized carbons (Fsp3) is 0.455. The molecule has 1 aromatic rings. The van der Waals surface area contributed by atoms with Gasteiger partial charge in [0.05, 0.1) is 0 Å². The summed E-state index contributed by atoms with van der Waals surface area (Å²) in [6.45, 7) is 3.57. The van der Waals surface area contributed by atoms with E-state index in [1.807, 2.05) is 6.07 Å². The first kappa shape index (κ1) is 9.10. The average Bonchev–Trinajstić information content (AvgIpc) is 2.21. The van der Waals surface area contributed by atoms with Gasteiger partial charge >= 0.3 is 0 Å². The lowest BCUT2D eigenvalue weighted by atomic mass is 10.2. The smallest absolute Gasteiger partial charge is 0.0234 e. The summed E-state index contributed by atoms with van der Waals surface area (Å²) in [6.07, 6.45) is 0. The van der Waals surface area contributed by atoms with Crippen LogP contribution in [0.4, 0.5) is 0 Å². The Balaban J connectivity index is 1.90. The van der Waals surface area contributed by atoms with Gasteiger partial charge in [-0.05, 0) is 17.7 Å². The fourth-order valence-corrected chi connectivity index (χ4v) is 2.53. The van der Waals surface area contributed by atoms with E-state index in [4.69, 9.17) is 0 Å². The van der Waals surface area contributed by atoms with Gasteiger partial charge in [-0.1, -0.05) is 18.2 Å². The van der Waals surface area contributed by atoms with E-state index in [1.165, 1.54) is 30.2 Å². The molecule has 1 saturated heterocycles. The number of rotatable bonds is 2. The molecule has 13 heavy (non-hydrogen) atoms. The minimum Gasteiger partial charge on any atom is -0.297 e. The normalized spacial score (nSPS) is 18.8. The van der Waals surface area contributed by atoms with E-state index in [0.29, 0.717) is 0 Å². The molecule has 0 unspecified atom stereocenters. The second kappa shape index (κ2) is 4.68. The van der Waals surface area contributed by atoms with Gasteiger partial charge in [-0.3, -0.25) is 4.90 Å². The van der Waals surface area contributed by atoms with Crippen LogP contribution in [0.5, 0.6) is 0 Å². The maximum Gasteiger partial charge on any atom is 0.0234 e. The maximum atomic E-state index is 3.12. The Kier molecular flexibility index (Phi) is 3.27. The SMILES string of the molecule is [c]1cccc(CN2CCSCC2)c1. The Labute approximate surface area is 84.1 Å². The maximum absolute atomic E-state index is 3.12. The number of nitrogens with zero attached hydrogens (tertiary/aromatic N) is 1. The van der Waals surface area contributed by atoms with Crippen molar-refractivity contribution in [3.63, 3.8) is 0 Å². The van der Waals surface area contributed by atoms with E-state index in [-0.39, 0.29) is 0 Å². The van der Waals surface area contributed by atoms with E-state index in [2.05, 4.69) is 40.9 Å². The third kappa shape index (κ3) is 2.75. The van der Waals surface area contributed by atoms with Gasteiger partial charge in [-0.2, -0.15) is 11.8 Å². The molecule has 1 fully saturated rings. The molecule has 2 heteroatoms. The van der Waals surface area contributed by atoms with Crippen molar-refractivity contribution >= 4 is 11.8 Å². The predicted octanol–water partition coefficient (Wildman–Crippen LogP) is 2.04. The summed E-state index contributed by atoms with van der Waals surface area (Å²) in [5.41, 5.74) is 1.38. The van der Waals surface area contributed by atoms with Crippen molar-refractivity contribution in [2.75, 3.05) is 24.6 Å². The molecular formula is C11H14NS. The van der Waals surface area contributed by atoms with E-state index in [9.17, 15) is 0 Å². The third-order valence-corrected chi connectivity index (χ3v) is 3.22. The van der Waals surface area contributed by atoms with Gasteiger partial charge in [-0.25, -0.2) is 0 Å². The zero-order valence-corrected chi connectivity index (χ0v) is 8.52. The van der Waals surface area contributed by atoms with Crippen LogP contribution in [-0.2, 0) is 6.54 Å². The Bertz CT molecular complexity index is 242. The van der Waals surface area contributed by atoms with Crippen molar-refractivity contribution in [1.82, 2.24) is 4.90 Å². The van der Waals surface area contributed by atoms with Crippen LogP contribution >= 0.6 is 11.8 Å². The third-order valence-electron chi connectivity index (χ3n) is 2.28. The Morgan fingerprint density at radius 3 is 2.92 bits per heavy atom. The van der Waals surface area contributed by atoms with Gasteiger partial charge in [0.1, 0.15) is 0 Å². The zero-order valence-electron chi connectivity index (χ0n) is 7.70. The molecule has 2 rings (SSSR count). The molecule has 1 aliphatic heterocycles. The van der Waals surface area contributed by atoms with Gasteiger partial charge in [0, 0.05) is 31.1 Å². The Hall–Kier alpha value is -0.470. The van der Waals surface area contributed by atoms with Crippen LogP contribution < -0.4 is 0 Å². The highest BCUT2D eigenvalue weighted by molar-refractivity contribution is 7.99. The van der Waals surface area contributed by atoms with Crippen LogP contribution in [0.1, 0.15) is 5.56 Å². The second-order valence-electron chi connectivity index (χ2n) is 3.30. The summed E-state index contributed by atoms with van der Waals surface area (Å²) < 4.78 is 0.